The second-order valence-corrected chi connectivity index (χ2v) is 5.83. The Hall–Kier alpha value is -1.04. The fraction of sp³-hybridized carbons (Fsp3) is 0.533. The number of aryl methyl sites for hydroxylation is 1. The lowest BCUT2D eigenvalue weighted by atomic mass is 10.0. The molecule has 0 aromatic heterocycles. The van der Waals surface area contributed by atoms with E-state index in [9.17, 15) is 9.90 Å². The van der Waals surface area contributed by atoms with E-state index in [1.165, 1.54) is 0 Å². The van der Waals surface area contributed by atoms with Crippen molar-refractivity contribution in [2.45, 2.75) is 31.9 Å². The Labute approximate surface area is 124 Å². The Bertz CT molecular complexity index is 408. The van der Waals surface area contributed by atoms with Gasteiger partial charge in [-0.1, -0.05) is 29.8 Å². The van der Waals surface area contributed by atoms with Crippen molar-refractivity contribution in [1.29, 1.82) is 0 Å². The quantitative estimate of drug-likeness (QED) is 0.652. The molecule has 5 heteroatoms. The molecule has 2 atom stereocenters. The Morgan fingerprint density at radius 3 is 2.50 bits per heavy atom. The molecule has 0 aliphatic heterocycles. The first-order valence-corrected chi connectivity index (χ1v) is 8.13. The van der Waals surface area contributed by atoms with Crippen LogP contribution in [0.25, 0.3) is 0 Å². The zero-order valence-electron chi connectivity index (χ0n) is 12.0. The highest BCUT2D eigenvalue weighted by atomic mass is 32.2. The number of hydrogen-bond acceptors (Lipinski definition) is 4. The lowest BCUT2D eigenvalue weighted by Gasteiger charge is -2.16. The summed E-state index contributed by atoms with van der Waals surface area (Å²) in [6.07, 6.45) is 2.50. The Kier molecular flexibility index (Phi) is 7.65. The average molecular weight is 297 g/mol. The number of carboxylic acids is 1. The minimum atomic E-state index is -0.830. The number of carbonyl (C=O) groups is 1. The van der Waals surface area contributed by atoms with Gasteiger partial charge in [0.25, 0.3) is 0 Å². The van der Waals surface area contributed by atoms with Crippen LogP contribution in [-0.4, -0.2) is 40.8 Å². The third-order valence-corrected chi connectivity index (χ3v) is 3.82. The molecule has 1 aromatic carbocycles. The molecular weight excluding hydrogens is 274 g/mol. The van der Waals surface area contributed by atoms with Crippen molar-refractivity contribution in [2.24, 2.45) is 0 Å². The summed E-state index contributed by atoms with van der Waals surface area (Å²) < 4.78 is 0. The van der Waals surface area contributed by atoms with Crippen LogP contribution in [0.15, 0.2) is 24.3 Å². The summed E-state index contributed by atoms with van der Waals surface area (Å²) in [7, 11) is 0. The van der Waals surface area contributed by atoms with E-state index in [1.54, 1.807) is 11.8 Å². The van der Waals surface area contributed by atoms with Crippen LogP contribution in [0.3, 0.4) is 0 Å². The molecule has 0 radical (unpaired) electrons. The van der Waals surface area contributed by atoms with Gasteiger partial charge in [-0.15, -0.1) is 0 Å². The molecule has 20 heavy (non-hydrogen) atoms. The van der Waals surface area contributed by atoms with Crippen LogP contribution >= 0.6 is 11.8 Å². The van der Waals surface area contributed by atoms with Crippen molar-refractivity contribution >= 4 is 17.7 Å². The first kappa shape index (κ1) is 17.0. The third kappa shape index (κ3) is 5.94. The second kappa shape index (κ2) is 9.00. The van der Waals surface area contributed by atoms with Crippen LogP contribution in [0.4, 0.5) is 0 Å². The van der Waals surface area contributed by atoms with E-state index >= 15 is 0 Å². The van der Waals surface area contributed by atoms with E-state index in [-0.39, 0.29) is 0 Å². The smallest absolute Gasteiger partial charge is 0.320 e. The molecule has 0 bridgehead atoms. The molecule has 2 unspecified atom stereocenters. The molecule has 0 aliphatic carbocycles. The number of aliphatic carboxylic acids is 1. The fourth-order valence-electron chi connectivity index (χ4n) is 1.90. The summed E-state index contributed by atoms with van der Waals surface area (Å²) in [5.74, 6) is -0.0197. The first-order valence-electron chi connectivity index (χ1n) is 6.74. The van der Waals surface area contributed by atoms with Gasteiger partial charge < -0.3 is 15.5 Å². The van der Waals surface area contributed by atoms with E-state index in [4.69, 9.17) is 5.11 Å². The van der Waals surface area contributed by atoms with Crippen LogP contribution < -0.4 is 5.32 Å². The normalized spacial score (nSPS) is 13.9. The highest BCUT2D eigenvalue weighted by Gasteiger charge is 2.16. The van der Waals surface area contributed by atoms with Crippen molar-refractivity contribution in [3.05, 3.63) is 35.4 Å². The van der Waals surface area contributed by atoms with Crippen molar-refractivity contribution in [1.82, 2.24) is 5.32 Å². The van der Waals surface area contributed by atoms with Gasteiger partial charge in [0, 0.05) is 0 Å². The van der Waals surface area contributed by atoms with Gasteiger partial charge >= 0.3 is 5.97 Å². The highest BCUT2D eigenvalue weighted by molar-refractivity contribution is 7.98. The third-order valence-electron chi connectivity index (χ3n) is 3.18. The largest absolute Gasteiger partial charge is 0.480 e. The molecule has 0 spiro atoms. The predicted octanol–water partition coefficient (Wildman–Crippen LogP) is 2.21. The summed E-state index contributed by atoms with van der Waals surface area (Å²) in [6.45, 7) is 2.49. The van der Waals surface area contributed by atoms with E-state index in [0.717, 1.165) is 16.9 Å². The van der Waals surface area contributed by atoms with Crippen LogP contribution in [0.1, 0.15) is 30.1 Å². The number of rotatable bonds is 9. The summed E-state index contributed by atoms with van der Waals surface area (Å²) in [5, 5.41) is 22.1. The van der Waals surface area contributed by atoms with E-state index in [2.05, 4.69) is 5.32 Å². The number of aliphatic hydroxyl groups is 1. The molecule has 1 aromatic rings. The molecule has 4 nitrogen and oxygen atoms in total. The number of benzene rings is 1. The minimum Gasteiger partial charge on any atom is -0.480 e. The van der Waals surface area contributed by atoms with Gasteiger partial charge in [-0.3, -0.25) is 4.79 Å². The molecule has 3 N–H and O–H groups in total. The number of thioether (sulfide) groups is 1. The molecule has 0 aliphatic rings. The molecular formula is C15H23NO3S. The molecule has 0 saturated carbocycles. The lowest BCUT2D eigenvalue weighted by molar-refractivity contribution is -0.139. The molecule has 0 amide bonds. The van der Waals surface area contributed by atoms with E-state index < -0.39 is 18.1 Å². The number of hydrogen-bond donors (Lipinski definition) is 3. The Balaban J connectivity index is 2.38. The van der Waals surface area contributed by atoms with Crippen molar-refractivity contribution in [2.75, 3.05) is 18.6 Å². The van der Waals surface area contributed by atoms with Gasteiger partial charge in [0.15, 0.2) is 0 Å². The summed E-state index contributed by atoms with van der Waals surface area (Å²) >= 11 is 1.63. The van der Waals surface area contributed by atoms with Gasteiger partial charge in [-0.05, 0) is 43.9 Å². The summed E-state index contributed by atoms with van der Waals surface area (Å²) in [6, 6.07) is 7.20. The zero-order valence-corrected chi connectivity index (χ0v) is 12.8. The van der Waals surface area contributed by atoms with Gasteiger partial charge in [0.1, 0.15) is 6.04 Å². The number of aliphatic hydroxyl groups excluding tert-OH is 1. The molecule has 0 saturated heterocycles. The topological polar surface area (TPSA) is 69.6 Å². The molecule has 112 valence electrons. The van der Waals surface area contributed by atoms with Crippen molar-refractivity contribution < 1.29 is 15.0 Å². The monoisotopic (exact) mass is 297 g/mol. The fourth-order valence-corrected chi connectivity index (χ4v) is 2.37. The van der Waals surface area contributed by atoms with Crippen molar-refractivity contribution in [3.8, 4) is 0 Å². The Morgan fingerprint density at radius 2 is 1.95 bits per heavy atom. The molecule has 0 heterocycles. The van der Waals surface area contributed by atoms with Crippen LogP contribution in [0.5, 0.6) is 0 Å². The van der Waals surface area contributed by atoms with E-state index in [1.807, 2.05) is 37.4 Å². The van der Waals surface area contributed by atoms with Crippen LogP contribution in [-0.2, 0) is 4.79 Å². The summed E-state index contributed by atoms with van der Waals surface area (Å²) in [4.78, 5) is 11.1. The van der Waals surface area contributed by atoms with Crippen LogP contribution in [0.2, 0.25) is 0 Å². The standard InChI is InChI=1S/C15H23NO3S/c1-11-3-5-12(6-4-11)14(17)7-9-16-13(15(18)19)8-10-20-2/h3-6,13-14,16-17H,7-10H2,1-2H3,(H,18,19). The first-order chi connectivity index (χ1) is 9.54. The Morgan fingerprint density at radius 1 is 1.30 bits per heavy atom. The zero-order chi connectivity index (χ0) is 15.0. The van der Waals surface area contributed by atoms with Crippen LogP contribution in [0, 0.1) is 6.92 Å². The molecule has 0 fully saturated rings. The van der Waals surface area contributed by atoms with Gasteiger partial charge in [0.2, 0.25) is 0 Å². The highest BCUT2D eigenvalue weighted by Crippen LogP contribution is 2.16. The maximum atomic E-state index is 11.1. The SMILES string of the molecule is CSCCC(NCCC(O)c1ccc(C)cc1)C(=O)O. The summed E-state index contributed by atoms with van der Waals surface area (Å²) in [5.41, 5.74) is 2.02. The molecule has 1 rings (SSSR count). The second-order valence-electron chi connectivity index (χ2n) is 4.84. The van der Waals surface area contributed by atoms with Gasteiger partial charge in [-0.25, -0.2) is 0 Å². The van der Waals surface area contributed by atoms with E-state index in [0.29, 0.717) is 19.4 Å². The predicted molar refractivity (Wildman–Crippen MR) is 83.2 cm³/mol. The van der Waals surface area contributed by atoms with Gasteiger partial charge in [-0.2, -0.15) is 11.8 Å². The average Bonchev–Trinajstić information content (AvgIpc) is 2.42. The number of nitrogens with one attached hydrogen (secondary N) is 1. The maximum absolute atomic E-state index is 11.1. The minimum absolute atomic E-state index is 0.486. The maximum Gasteiger partial charge on any atom is 0.320 e. The lowest BCUT2D eigenvalue weighted by Crippen LogP contribution is -2.38. The number of carboxylic acid groups (broad SMARTS) is 1. The van der Waals surface area contributed by atoms with Crippen molar-refractivity contribution in [3.63, 3.8) is 0 Å². The van der Waals surface area contributed by atoms with Gasteiger partial charge in [0.05, 0.1) is 6.10 Å².